The molecule has 0 bridgehead atoms. The van der Waals surface area contributed by atoms with Crippen molar-refractivity contribution >= 4 is 5.82 Å². The van der Waals surface area contributed by atoms with Crippen molar-refractivity contribution in [2.24, 2.45) is 4.99 Å². The molecule has 0 radical (unpaired) electrons. The van der Waals surface area contributed by atoms with Crippen molar-refractivity contribution in [3.05, 3.63) is 63.6 Å². The van der Waals surface area contributed by atoms with Gasteiger partial charge in [-0.15, -0.1) is 0 Å². The number of nitro groups is 1. The number of hydrogen-bond acceptors (Lipinski definition) is 8. The van der Waals surface area contributed by atoms with Gasteiger partial charge >= 0.3 is 5.82 Å². The summed E-state index contributed by atoms with van der Waals surface area (Å²) < 4.78 is 15.6. The second kappa shape index (κ2) is 8.99. The molecule has 0 fully saturated rings. The molecule has 0 saturated carbocycles. The van der Waals surface area contributed by atoms with Gasteiger partial charge in [0.1, 0.15) is 11.4 Å². The summed E-state index contributed by atoms with van der Waals surface area (Å²) in [6, 6.07) is 11.9. The van der Waals surface area contributed by atoms with Gasteiger partial charge in [0.05, 0.1) is 26.4 Å². The van der Waals surface area contributed by atoms with Gasteiger partial charge in [-0.3, -0.25) is 4.99 Å². The van der Waals surface area contributed by atoms with Gasteiger partial charge in [0.25, 0.3) is 5.49 Å². The normalized spacial score (nSPS) is 11.4. The third kappa shape index (κ3) is 4.19. The van der Waals surface area contributed by atoms with E-state index in [1.165, 1.54) is 14.2 Å². The quantitative estimate of drug-likeness (QED) is 0.339. The molecule has 11 heteroatoms. The van der Waals surface area contributed by atoms with E-state index in [1.807, 2.05) is 6.07 Å². The molecule has 0 aliphatic heterocycles. The predicted octanol–water partition coefficient (Wildman–Crippen LogP) is 1.99. The van der Waals surface area contributed by atoms with Crippen LogP contribution < -0.4 is 19.7 Å². The van der Waals surface area contributed by atoms with Crippen LogP contribution in [0.15, 0.2) is 47.5 Å². The highest BCUT2D eigenvalue weighted by Gasteiger charge is 2.23. The number of ether oxygens (including phenoxy) is 3. The molecular weight excluding hydrogens is 394 g/mol. The Balaban J connectivity index is 1.90. The van der Waals surface area contributed by atoms with E-state index < -0.39 is 10.7 Å². The summed E-state index contributed by atoms with van der Waals surface area (Å²) in [5.74, 6) is 1.22. The van der Waals surface area contributed by atoms with Gasteiger partial charge in [-0.1, -0.05) is 10.9 Å². The third-order valence-corrected chi connectivity index (χ3v) is 4.34. The van der Waals surface area contributed by atoms with Gasteiger partial charge in [0.2, 0.25) is 0 Å². The molecule has 3 rings (SSSR count). The van der Waals surface area contributed by atoms with Crippen LogP contribution in [0, 0.1) is 10.1 Å². The maximum Gasteiger partial charge on any atom is 0.438 e. The Kier molecular flexibility index (Phi) is 6.20. The minimum Gasteiger partial charge on any atom is -0.497 e. The summed E-state index contributed by atoms with van der Waals surface area (Å²) in [6.07, 6.45) is 0.464. The van der Waals surface area contributed by atoms with Crippen molar-refractivity contribution in [3.8, 4) is 22.9 Å². The van der Waals surface area contributed by atoms with E-state index in [1.54, 1.807) is 43.5 Å². The monoisotopic (exact) mass is 415 g/mol. The van der Waals surface area contributed by atoms with Gasteiger partial charge in [-0.25, -0.2) is 0 Å². The number of nitrogens with zero attached hydrogens (tertiary/aromatic N) is 5. The molecule has 0 saturated heterocycles. The smallest absolute Gasteiger partial charge is 0.438 e. The first kappa shape index (κ1) is 20.7. The van der Waals surface area contributed by atoms with Gasteiger partial charge in [0, 0.05) is 6.54 Å². The van der Waals surface area contributed by atoms with Gasteiger partial charge in [-0.2, -0.15) is 0 Å². The summed E-state index contributed by atoms with van der Waals surface area (Å²) in [5, 5.41) is 25.7. The Morgan fingerprint density at radius 3 is 2.37 bits per heavy atom. The summed E-state index contributed by atoms with van der Waals surface area (Å²) in [7, 11) is 4.61. The summed E-state index contributed by atoms with van der Waals surface area (Å²) in [6.45, 7) is 0.186. The fourth-order valence-corrected chi connectivity index (χ4v) is 2.82. The molecule has 0 amide bonds. The molecule has 0 aliphatic rings. The van der Waals surface area contributed by atoms with Crippen LogP contribution >= 0.6 is 0 Å². The van der Waals surface area contributed by atoms with E-state index in [2.05, 4.69) is 10.1 Å². The van der Waals surface area contributed by atoms with Gasteiger partial charge < -0.3 is 29.5 Å². The first-order chi connectivity index (χ1) is 14.5. The molecule has 1 aromatic heterocycles. The molecule has 3 aromatic rings. The average Bonchev–Trinajstić information content (AvgIpc) is 3.10. The summed E-state index contributed by atoms with van der Waals surface area (Å²) in [4.78, 5) is 16.4. The van der Waals surface area contributed by atoms with Crippen LogP contribution in [0.2, 0.25) is 0 Å². The molecule has 11 nitrogen and oxygen atoms in total. The highest BCUT2D eigenvalue weighted by Crippen LogP contribution is 2.27. The Hall–Kier alpha value is -4.02. The van der Waals surface area contributed by atoms with Gasteiger partial charge in [0.15, 0.2) is 11.5 Å². The molecule has 1 N–H and O–H groups in total. The Morgan fingerprint density at radius 1 is 1.07 bits per heavy atom. The molecular formula is C19H21N5O6. The van der Waals surface area contributed by atoms with Crippen molar-refractivity contribution in [2.45, 2.75) is 6.42 Å². The molecule has 0 aliphatic carbocycles. The molecule has 0 atom stereocenters. The van der Waals surface area contributed by atoms with Crippen LogP contribution in [0.25, 0.3) is 5.69 Å². The summed E-state index contributed by atoms with van der Waals surface area (Å²) >= 11 is 0. The zero-order chi connectivity index (χ0) is 21.7. The van der Waals surface area contributed by atoms with Crippen LogP contribution in [-0.4, -0.2) is 52.7 Å². The third-order valence-electron chi connectivity index (χ3n) is 4.34. The second-order valence-corrected chi connectivity index (χ2v) is 6.10. The van der Waals surface area contributed by atoms with Gasteiger partial charge in [-0.05, 0) is 58.1 Å². The highest BCUT2D eigenvalue weighted by molar-refractivity contribution is 5.43. The van der Waals surface area contributed by atoms with E-state index in [4.69, 9.17) is 14.2 Å². The standard InChI is InChI=1S/C19H21N5O6/c1-28-15-7-5-14(6-8-15)22-21-19(24(26)27)18(23(22)25)20-11-10-13-4-9-16(29-2)17(12-13)30-3/h4-9,12,25H,10-11H2,1-3H3. The molecule has 2 aromatic carbocycles. The van der Waals surface area contributed by atoms with Crippen LogP contribution in [0.1, 0.15) is 5.56 Å². The zero-order valence-corrected chi connectivity index (χ0v) is 16.7. The molecule has 158 valence electrons. The number of benzene rings is 2. The fraction of sp³-hybridized carbons (Fsp3) is 0.263. The van der Waals surface area contributed by atoms with Crippen molar-refractivity contribution in [3.63, 3.8) is 0 Å². The minimum atomic E-state index is -0.692. The lowest BCUT2D eigenvalue weighted by molar-refractivity contribution is -0.391. The topological polar surface area (TPSA) is 126 Å². The lowest BCUT2D eigenvalue weighted by Gasteiger charge is -2.08. The second-order valence-electron chi connectivity index (χ2n) is 6.10. The van der Waals surface area contributed by atoms with E-state index in [0.717, 1.165) is 10.4 Å². The largest absolute Gasteiger partial charge is 0.497 e. The average molecular weight is 415 g/mol. The van der Waals surface area contributed by atoms with E-state index >= 15 is 0 Å². The molecule has 0 spiro atoms. The lowest BCUT2D eigenvalue weighted by Crippen LogP contribution is -2.23. The number of rotatable bonds is 8. The fourth-order valence-electron chi connectivity index (χ4n) is 2.82. The SMILES string of the molecule is COc1ccc(-n2nc([N+](=O)[O-])c(=NCCc3ccc(OC)c(OC)c3)n2O)cc1. The van der Waals surface area contributed by atoms with Crippen LogP contribution in [-0.2, 0) is 6.42 Å². The van der Waals surface area contributed by atoms with E-state index in [9.17, 15) is 15.3 Å². The Morgan fingerprint density at radius 2 is 1.77 bits per heavy atom. The van der Waals surface area contributed by atoms with Crippen molar-refractivity contribution < 1.29 is 24.3 Å². The Bertz CT molecular complexity index is 1100. The van der Waals surface area contributed by atoms with Crippen molar-refractivity contribution in [2.75, 3.05) is 27.9 Å². The predicted molar refractivity (Wildman–Crippen MR) is 106 cm³/mol. The number of methoxy groups -OCH3 is 3. The summed E-state index contributed by atoms with van der Waals surface area (Å²) in [5.41, 5.74) is 1.05. The highest BCUT2D eigenvalue weighted by atomic mass is 16.6. The Labute approximate surface area is 171 Å². The maximum atomic E-state index is 11.4. The maximum absolute atomic E-state index is 11.4. The molecule has 0 unspecified atom stereocenters. The van der Waals surface area contributed by atoms with Crippen molar-refractivity contribution in [1.29, 1.82) is 0 Å². The van der Waals surface area contributed by atoms with E-state index in [0.29, 0.717) is 34.2 Å². The first-order valence-electron chi connectivity index (χ1n) is 8.90. The van der Waals surface area contributed by atoms with Crippen molar-refractivity contribution in [1.82, 2.24) is 14.7 Å². The van der Waals surface area contributed by atoms with Crippen LogP contribution in [0.3, 0.4) is 0 Å². The van der Waals surface area contributed by atoms with Crippen LogP contribution in [0.5, 0.6) is 17.2 Å². The number of aromatic nitrogens is 3. The lowest BCUT2D eigenvalue weighted by atomic mass is 10.1. The minimum absolute atomic E-state index is 0.186. The number of hydrogen-bond donors (Lipinski definition) is 1. The van der Waals surface area contributed by atoms with E-state index in [-0.39, 0.29) is 12.0 Å². The first-order valence-corrected chi connectivity index (χ1v) is 8.90. The zero-order valence-electron chi connectivity index (χ0n) is 16.7. The molecule has 1 heterocycles. The van der Waals surface area contributed by atoms with Crippen LogP contribution in [0.4, 0.5) is 5.82 Å². The molecule has 30 heavy (non-hydrogen) atoms.